The molecule has 0 unspecified atom stereocenters. The van der Waals surface area contributed by atoms with Crippen molar-refractivity contribution in [2.75, 3.05) is 5.73 Å². The molecule has 1 heterocycles. The summed E-state index contributed by atoms with van der Waals surface area (Å²) >= 11 is 0. The zero-order chi connectivity index (χ0) is 14.1. The number of carboxylic acids is 1. The van der Waals surface area contributed by atoms with Crippen molar-refractivity contribution in [2.24, 2.45) is 24.8 Å². The number of nitrogen functional groups attached to an aromatic ring is 1. The summed E-state index contributed by atoms with van der Waals surface area (Å²) < 4.78 is 1.54. The van der Waals surface area contributed by atoms with Crippen LogP contribution >= 0.6 is 0 Å². The molecule has 20 heavy (non-hydrogen) atoms. The van der Waals surface area contributed by atoms with E-state index in [1.807, 2.05) is 0 Å². The molecule has 5 rings (SSSR count). The molecule has 4 saturated carbocycles. The maximum absolute atomic E-state index is 11.5. The Morgan fingerprint density at radius 3 is 2.20 bits per heavy atom. The van der Waals surface area contributed by atoms with Crippen LogP contribution < -0.4 is 5.73 Å². The highest BCUT2D eigenvalue weighted by atomic mass is 16.4. The van der Waals surface area contributed by atoms with E-state index in [1.54, 1.807) is 7.05 Å². The Morgan fingerprint density at radius 2 is 1.75 bits per heavy atom. The molecule has 4 bridgehead atoms. The summed E-state index contributed by atoms with van der Waals surface area (Å²) in [6.07, 6.45) is 7.32. The van der Waals surface area contributed by atoms with Gasteiger partial charge in [-0.1, -0.05) is 0 Å². The van der Waals surface area contributed by atoms with Gasteiger partial charge in [-0.05, 0) is 56.3 Å². The van der Waals surface area contributed by atoms with Crippen molar-refractivity contribution in [3.8, 4) is 0 Å². The normalized spacial score (nSPS) is 38.4. The van der Waals surface area contributed by atoms with Gasteiger partial charge in [0.05, 0.1) is 0 Å². The monoisotopic (exact) mass is 275 g/mol. The number of anilines is 1. The molecular weight excluding hydrogens is 254 g/mol. The van der Waals surface area contributed by atoms with Crippen LogP contribution in [-0.4, -0.2) is 20.9 Å². The van der Waals surface area contributed by atoms with Crippen LogP contribution in [0.25, 0.3) is 0 Å². The van der Waals surface area contributed by atoms with Crippen LogP contribution in [0.2, 0.25) is 0 Å². The number of aromatic nitrogens is 2. The minimum absolute atomic E-state index is 0.0131. The van der Waals surface area contributed by atoms with E-state index in [0.29, 0.717) is 5.82 Å². The molecule has 0 spiro atoms. The maximum Gasteiger partial charge on any atom is 0.356 e. The zero-order valence-electron chi connectivity index (χ0n) is 11.8. The fourth-order valence-electron chi connectivity index (χ4n) is 5.63. The van der Waals surface area contributed by atoms with Crippen molar-refractivity contribution in [1.82, 2.24) is 9.78 Å². The van der Waals surface area contributed by atoms with Crippen LogP contribution in [0, 0.1) is 17.8 Å². The molecule has 4 fully saturated rings. The van der Waals surface area contributed by atoms with Crippen LogP contribution in [0.1, 0.15) is 54.6 Å². The van der Waals surface area contributed by atoms with E-state index in [2.05, 4.69) is 5.10 Å². The summed E-state index contributed by atoms with van der Waals surface area (Å²) in [6, 6.07) is 0. The highest BCUT2D eigenvalue weighted by molar-refractivity contribution is 5.89. The third-order valence-electron chi connectivity index (χ3n) is 5.86. The Morgan fingerprint density at radius 1 is 1.25 bits per heavy atom. The topological polar surface area (TPSA) is 81.1 Å². The molecule has 0 aromatic carbocycles. The van der Waals surface area contributed by atoms with E-state index in [-0.39, 0.29) is 11.1 Å². The smallest absolute Gasteiger partial charge is 0.356 e. The zero-order valence-corrected chi connectivity index (χ0v) is 11.8. The molecule has 4 aliphatic rings. The number of aromatic carboxylic acids is 1. The fourth-order valence-corrected chi connectivity index (χ4v) is 5.63. The average Bonchev–Trinajstić information content (AvgIpc) is 2.65. The van der Waals surface area contributed by atoms with Gasteiger partial charge in [0.25, 0.3) is 0 Å². The third-order valence-corrected chi connectivity index (χ3v) is 5.86. The largest absolute Gasteiger partial charge is 0.476 e. The first-order valence-corrected chi connectivity index (χ1v) is 7.55. The van der Waals surface area contributed by atoms with Crippen molar-refractivity contribution in [1.29, 1.82) is 0 Å². The van der Waals surface area contributed by atoms with E-state index in [0.717, 1.165) is 42.6 Å². The predicted molar refractivity (Wildman–Crippen MR) is 74.4 cm³/mol. The quantitative estimate of drug-likeness (QED) is 0.866. The third kappa shape index (κ3) is 1.49. The van der Waals surface area contributed by atoms with E-state index >= 15 is 0 Å². The van der Waals surface area contributed by atoms with Crippen LogP contribution in [0.4, 0.5) is 5.82 Å². The number of carboxylic acid groups (broad SMARTS) is 1. The number of hydrogen-bond acceptors (Lipinski definition) is 3. The fraction of sp³-hybridized carbons (Fsp3) is 0.733. The van der Waals surface area contributed by atoms with E-state index in [1.165, 1.54) is 23.9 Å². The summed E-state index contributed by atoms with van der Waals surface area (Å²) in [6.45, 7) is 0. The molecule has 0 amide bonds. The Hall–Kier alpha value is -1.52. The summed E-state index contributed by atoms with van der Waals surface area (Å²) in [5.41, 5.74) is 7.21. The lowest BCUT2D eigenvalue weighted by Gasteiger charge is -2.56. The molecular formula is C15H21N3O2. The molecule has 3 N–H and O–H groups in total. The number of rotatable bonds is 2. The first-order valence-electron chi connectivity index (χ1n) is 7.55. The van der Waals surface area contributed by atoms with Crippen molar-refractivity contribution < 1.29 is 9.90 Å². The number of nitrogens with two attached hydrogens (primary N) is 1. The van der Waals surface area contributed by atoms with Crippen LogP contribution in [-0.2, 0) is 12.5 Å². The minimum atomic E-state index is -0.942. The van der Waals surface area contributed by atoms with Gasteiger partial charge in [0.1, 0.15) is 5.82 Å². The second kappa shape index (κ2) is 3.77. The van der Waals surface area contributed by atoms with Crippen LogP contribution in [0.3, 0.4) is 0 Å². The SMILES string of the molecule is Cn1nc(C(=O)O)c(C23CC4CC(CC(C4)C2)C3)c1N. The molecule has 1 aromatic heterocycles. The molecule has 0 saturated heterocycles. The molecule has 0 radical (unpaired) electrons. The molecule has 0 aliphatic heterocycles. The summed E-state index contributed by atoms with van der Waals surface area (Å²) in [4.78, 5) is 11.5. The van der Waals surface area contributed by atoms with E-state index < -0.39 is 5.97 Å². The van der Waals surface area contributed by atoms with Crippen LogP contribution in [0.5, 0.6) is 0 Å². The van der Waals surface area contributed by atoms with Gasteiger partial charge in [0, 0.05) is 18.0 Å². The van der Waals surface area contributed by atoms with E-state index in [9.17, 15) is 9.90 Å². The summed E-state index contributed by atoms with van der Waals surface area (Å²) in [5.74, 6) is 1.92. The Bertz CT molecular complexity index is 555. The van der Waals surface area contributed by atoms with Gasteiger partial charge in [0.15, 0.2) is 5.69 Å². The van der Waals surface area contributed by atoms with Gasteiger partial charge < -0.3 is 10.8 Å². The van der Waals surface area contributed by atoms with E-state index in [4.69, 9.17) is 5.73 Å². The van der Waals surface area contributed by atoms with Gasteiger partial charge in [-0.25, -0.2) is 4.79 Å². The van der Waals surface area contributed by atoms with Gasteiger partial charge >= 0.3 is 5.97 Å². The number of nitrogens with zero attached hydrogens (tertiary/aromatic N) is 2. The van der Waals surface area contributed by atoms with Crippen molar-refractivity contribution in [3.05, 3.63) is 11.3 Å². The first kappa shape index (κ1) is 12.2. The second-order valence-electron chi connectivity index (χ2n) is 7.24. The molecule has 0 atom stereocenters. The number of carbonyl (C=O) groups is 1. The summed E-state index contributed by atoms with van der Waals surface area (Å²) in [7, 11) is 1.74. The van der Waals surface area contributed by atoms with Crippen molar-refractivity contribution in [3.63, 3.8) is 0 Å². The molecule has 5 heteroatoms. The van der Waals surface area contributed by atoms with Crippen molar-refractivity contribution >= 4 is 11.8 Å². The Kier molecular flexibility index (Phi) is 2.31. The van der Waals surface area contributed by atoms with Gasteiger partial charge in [-0.3, -0.25) is 4.68 Å². The lowest BCUT2D eigenvalue weighted by Crippen LogP contribution is -2.49. The van der Waals surface area contributed by atoms with Gasteiger partial charge in [0.2, 0.25) is 0 Å². The lowest BCUT2D eigenvalue weighted by molar-refractivity contribution is -0.00548. The number of aryl methyl sites for hydroxylation is 1. The standard InChI is InChI=1S/C15H21N3O2/c1-18-13(16)11(12(17-18)14(19)20)15-5-8-2-9(6-15)4-10(3-8)7-15/h8-10H,2-7,16H2,1H3,(H,19,20). The number of hydrogen-bond donors (Lipinski definition) is 2. The first-order chi connectivity index (χ1) is 9.48. The average molecular weight is 275 g/mol. The summed E-state index contributed by atoms with van der Waals surface area (Å²) in [5, 5.41) is 13.6. The molecule has 4 aliphatic carbocycles. The molecule has 1 aromatic rings. The van der Waals surface area contributed by atoms with Crippen molar-refractivity contribution in [2.45, 2.75) is 43.9 Å². The minimum Gasteiger partial charge on any atom is -0.476 e. The molecule has 108 valence electrons. The Labute approximate surface area is 118 Å². The van der Waals surface area contributed by atoms with Gasteiger partial charge in [-0.2, -0.15) is 5.10 Å². The highest BCUT2D eigenvalue weighted by Gasteiger charge is 2.54. The van der Waals surface area contributed by atoms with Gasteiger partial charge in [-0.15, -0.1) is 0 Å². The second-order valence-corrected chi connectivity index (χ2v) is 7.24. The lowest BCUT2D eigenvalue weighted by atomic mass is 9.48. The highest BCUT2D eigenvalue weighted by Crippen LogP contribution is 2.61. The predicted octanol–water partition coefficient (Wildman–Crippen LogP) is 2.17. The molecule has 5 nitrogen and oxygen atoms in total. The Balaban J connectivity index is 1.87. The maximum atomic E-state index is 11.5. The van der Waals surface area contributed by atoms with Crippen LogP contribution in [0.15, 0.2) is 0 Å².